The first kappa shape index (κ1) is 17.2. The molecule has 0 aliphatic rings. The molecule has 0 bridgehead atoms. The molecule has 0 aromatic heterocycles. The SMILES string of the molecule is C[C@@H](NCCc1ccc(S(C)(=O)=O)cc1)c1cccc(C#N)c1. The van der Waals surface area contributed by atoms with Crippen molar-refractivity contribution in [2.75, 3.05) is 12.8 Å². The van der Waals surface area contributed by atoms with Gasteiger partial charge in [0.2, 0.25) is 0 Å². The van der Waals surface area contributed by atoms with Crippen molar-refractivity contribution in [1.82, 2.24) is 5.32 Å². The average Bonchev–Trinajstić information content (AvgIpc) is 2.54. The predicted octanol–water partition coefficient (Wildman–Crippen LogP) is 2.86. The summed E-state index contributed by atoms with van der Waals surface area (Å²) in [6.45, 7) is 2.83. The summed E-state index contributed by atoms with van der Waals surface area (Å²) in [5.41, 5.74) is 2.83. The summed E-state index contributed by atoms with van der Waals surface area (Å²) in [5, 5.41) is 12.4. The van der Waals surface area contributed by atoms with Gasteiger partial charge in [-0.1, -0.05) is 24.3 Å². The maximum atomic E-state index is 11.4. The number of benzene rings is 2. The first-order chi connectivity index (χ1) is 10.9. The van der Waals surface area contributed by atoms with E-state index in [4.69, 9.17) is 5.26 Å². The van der Waals surface area contributed by atoms with E-state index in [2.05, 4.69) is 18.3 Å². The second-order valence-electron chi connectivity index (χ2n) is 5.58. The predicted molar refractivity (Wildman–Crippen MR) is 90.8 cm³/mol. The van der Waals surface area contributed by atoms with E-state index in [1.54, 1.807) is 18.2 Å². The lowest BCUT2D eigenvalue weighted by Gasteiger charge is -2.14. The van der Waals surface area contributed by atoms with Gasteiger partial charge in [-0.15, -0.1) is 0 Å². The first-order valence-electron chi connectivity index (χ1n) is 7.42. The molecule has 0 spiro atoms. The third kappa shape index (κ3) is 4.92. The first-order valence-corrected chi connectivity index (χ1v) is 9.32. The molecular formula is C18H20N2O2S. The average molecular weight is 328 g/mol. The fourth-order valence-electron chi connectivity index (χ4n) is 2.33. The van der Waals surface area contributed by atoms with Gasteiger partial charge in [0.1, 0.15) is 0 Å². The van der Waals surface area contributed by atoms with Gasteiger partial charge in [-0.25, -0.2) is 8.42 Å². The number of hydrogen-bond donors (Lipinski definition) is 1. The van der Waals surface area contributed by atoms with Crippen molar-refractivity contribution in [3.8, 4) is 6.07 Å². The van der Waals surface area contributed by atoms with Gasteiger partial charge >= 0.3 is 0 Å². The fourth-order valence-corrected chi connectivity index (χ4v) is 2.96. The fraction of sp³-hybridized carbons (Fsp3) is 0.278. The lowest BCUT2D eigenvalue weighted by atomic mass is 10.1. The standard InChI is InChI=1S/C18H20N2O2S/c1-14(17-5-3-4-16(12-17)13-19)20-11-10-15-6-8-18(9-7-15)23(2,21)22/h3-9,12,14,20H,10-11H2,1-2H3/t14-/m1/s1. The third-order valence-electron chi connectivity index (χ3n) is 3.73. The summed E-state index contributed by atoms with van der Waals surface area (Å²) in [4.78, 5) is 0.343. The van der Waals surface area contributed by atoms with Crippen LogP contribution in [-0.2, 0) is 16.3 Å². The monoisotopic (exact) mass is 328 g/mol. The Morgan fingerprint density at radius 3 is 2.48 bits per heavy atom. The number of sulfone groups is 1. The van der Waals surface area contributed by atoms with Crippen LogP contribution in [0.5, 0.6) is 0 Å². The molecule has 0 radical (unpaired) electrons. The van der Waals surface area contributed by atoms with Crippen LogP contribution >= 0.6 is 0 Å². The maximum absolute atomic E-state index is 11.4. The van der Waals surface area contributed by atoms with Crippen LogP contribution in [0.2, 0.25) is 0 Å². The molecule has 0 aliphatic heterocycles. The molecule has 2 aromatic carbocycles. The van der Waals surface area contributed by atoms with Gasteiger partial charge in [0.05, 0.1) is 16.5 Å². The molecule has 2 aromatic rings. The molecule has 5 heteroatoms. The Morgan fingerprint density at radius 1 is 1.17 bits per heavy atom. The van der Waals surface area contributed by atoms with Crippen LogP contribution in [-0.4, -0.2) is 21.2 Å². The molecule has 0 saturated carbocycles. The van der Waals surface area contributed by atoms with Gasteiger partial charge in [-0.05, 0) is 55.3 Å². The lowest BCUT2D eigenvalue weighted by molar-refractivity contribution is 0.576. The van der Waals surface area contributed by atoms with E-state index in [-0.39, 0.29) is 6.04 Å². The summed E-state index contributed by atoms with van der Waals surface area (Å²) in [6, 6.07) is 16.8. The van der Waals surface area contributed by atoms with Gasteiger partial charge in [-0.3, -0.25) is 0 Å². The van der Waals surface area contributed by atoms with E-state index in [0.717, 1.165) is 24.1 Å². The molecule has 1 N–H and O–H groups in total. The number of rotatable bonds is 6. The highest BCUT2D eigenvalue weighted by molar-refractivity contribution is 7.90. The largest absolute Gasteiger partial charge is 0.310 e. The highest BCUT2D eigenvalue weighted by Gasteiger charge is 2.07. The maximum Gasteiger partial charge on any atom is 0.175 e. The van der Waals surface area contributed by atoms with E-state index in [0.29, 0.717) is 10.5 Å². The molecule has 23 heavy (non-hydrogen) atoms. The minimum absolute atomic E-state index is 0.151. The second-order valence-corrected chi connectivity index (χ2v) is 7.59. The Labute approximate surface area is 137 Å². The van der Waals surface area contributed by atoms with Crippen molar-refractivity contribution in [3.05, 3.63) is 65.2 Å². The molecule has 0 heterocycles. The molecule has 0 aliphatic carbocycles. The molecule has 1 atom stereocenters. The van der Waals surface area contributed by atoms with E-state index in [1.807, 2.05) is 30.3 Å². The van der Waals surface area contributed by atoms with Crippen molar-refractivity contribution >= 4 is 9.84 Å². The zero-order valence-electron chi connectivity index (χ0n) is 13.3. The molecular weight excluding hydrogens is 308 g/mol. The number of hydrogen-bond acceptors (Lipinski definition) is 4. The van der Waals surface area contributed by atoms with E-state index in [9.17, 15) is 8.42 Å². The summed E-state index contributed by atoms with van der Waals surface area (Å²) >= 11 is 0. The molecule has 0 unspecified atom stereocenters. The molecule has 2 rings (SSSR count). The lowest BCUT2D eigenvalue weighted by Crippen LogP contribution is -2.21. The molecule has 0 saturated heterocycles. The van der Waals surface area contributed by atoms with Crippen LogP contribution in [0.15, 0.2) is 53.4 Å². The highest BCUT2D eigenvalue weighted by atomic mass is 32.2. The topological polar surface area (TPSA) is 70.0 Å². The summed E-state index contributed by atoms with van der Waals surface area (Å²) in [5.74, 6) is 0. The Hall–Kier alpha value is -2.16. The van der Waals surface area contributed by atoms with Gasteiger partial charge in [0.25, 0.3) is 0 Å². The van der Waals surface area contributed by atoms with Gasteiger partial charge in [0, 0.05) is 12.3 Å². The smallest absolute Gasteiger partial charge is 0.175 e. The van der Waals surface area contributed by atoms with Gasteiger partial charge < -0.3 is 5.32 Å². The summed E-state index contributed by atoms with van der Waals surface area (Å²) in [6.07, 6.45) is 2.02. The molecule has 0 fully saturated rings. The Kier molecular flexibility index (Phi) is 5.54. The van der Waals surface area contributed by atoms with Crippen molar-refractivity contribution in [1.29, 1.82) is 5.26 Å². The van der Waals surface area contributed by atoms with Crippen LogP contribution in [0.25, 0.3) is 0 Å². The minimum Gasteiger partial charge on any atom is -0.310 e. The number of nitrogens with zero attached hydrogens (tertiary/aromatic N) is 1. The highest BCUT2D eigenvalue weighted by Crippen LogP contribution is 2.14. The minimum atomic E-state index is -3.14. The Bertz CT molecular complexity index is 806. The summed E-state index contributed by atoms with van der Waals surface area (Å²) in [7, 11) is -3.14. The Morgan fingerprint density at radius 2 is 1.87 bits per heavy atom. The number of nitriles is 1. The van der Waals surface area contributed by atoms with Crippen LogP contribution in [0, 0.1) is 11.3 Å². The molecule has 4 nitrogen and oxygen atoms in total. The van der Waals surface area contributed by atoms with Crippen molar-refractivity contribution in [2.45, 2.75) is 24.3 Å². The van der Waals surface area contributed by atoms with E-state index < -0.39 is 9.84 Å². The van der Waals surface area contributed by atoms with E-state index >= 15 is 0 Å². The van der Waals surface area contributed by atoms with Gasteiger partial charge in [-0.2, -0.15) is 5.26 Å². The second kappa shape index (κ2) is 7.40. The van der Waals surface area contributed by atoms with Crippen molar-refractivity contribution in [3.63, 3.8) is 0 Å². The van der Waals surface area contributed by atoms with Crippen LogP contribution in [0.3, 0.4) is 0 Å². The normalized spacial score (nSPS) is 12.6. The molecule has 0 amide bonds. The molecule has 120 valence electrons. The van der Waals surface area contributed by atoms with Gasteiger partial charge in [0.15, 0.2) is 9.84 Å². The van der Waals surface area contributed by atoms with Crippen LogP contribution in [0.1, 0.15) is 29.7 Å². The summed E-state index contributed by atoms with van der Waals surface area (Å²) < 4.78 is 22.8. The van der Waals surface area contributed by atoms with Crippen LogP contribution in [0.4, 0.5) is 0 Å². The van der Waals surface area contributed by atoms with Crippen molar-refractivity contribution < 1.29 is 8.42 Å². The zero-order chi connectivity index (χ0) is 16.9. The number of nitrogens with one attached hydrogen (secondary N) is 1. The zero-order valence-corrected chi connectivity index (χ0v) is 14.1. The third-order valence-corrected chi connectivity index (χ3v) is 4.86. The van der Waals surface area contributed by atoms with E-state index in [1.165, 1.54) is 6.26 Å². The van der Waals surface area contributed by atoms with Crippen molar-refractivity contribution in [2.24, 2.45) is 0 Å². The van der Waals surface area contributed by atoms with Crippen LogP contribution < -0.4 is 5.32 Å². The Balaban J connectivity index is 1.90. The quantitative estimate of drug-likeness (QED) is 0.885.